The van der Waals surface area contributed by atoms with Gasteiger partial charge in [0, 0.05) is 17.0 Å². The number of hydrogen-bond donors (Lipinski definition) is 1. The molecule has 1 aliphatic heterocycles. The van der Waals surface area contributed by atoms with Crippen molar-refractivity contribution >= 4 is 28.3 Å². The third kappa shape index (κ3) is 2.37. The predicted molar refractivity (Wildman–Crippen MR) is 95.2 cm³/mol. The summed E-state index contributed by atoms with van der Waals surface area (Å²) < 4.78 is 0. The summed E-state index contributed by atoms with van der Waals surface area (Å²) in [6.45, 7) is 1.82. The summed E-state index contributed by atoms with van der Waals surface area (Å²) in [6, 6.07) is 11.4. The minimum absolute atomic E-state index is 0.0555. The lowest BCUT2D eigenvalue weighted by molar-refractivity contribution is -0.122. The van der Waals surface area contributed by atoms with Gasteiger partial charge in [-0.3, -0.25) is 14.5 Å². The first kappa shape index (κ1) is 15.2. The normalized spacial score (nSPS) is 18.9. The standard InChI is InChI=1S/C20H22N2O2/c1-13(19(23)21-15-9-3-2-4-10-15)22-17-12-6-8-14-7-5-11-16(18(14)17)20(22)24/h5-8,11-13,15H,2-4,9-10H2,1H3,(H,21,23)/t13-/m1/s1. The molecule has 0 bridgehead atoms. The Hall–Kier alpha value is -2.36. The Morgan fingerprint density at radius 3 is 2.58 bits per heavy atom. The van der Waals surface area contributed by atoms with Crippen LogP contribution < -0.4 is 10.2 Å². The molecule has 2 amide bonds. The fourth-order valence-corrected chi connectivity index (χ4v) is 4.01. The summed E-state index contributed by atoms with van der Waals surface area (Å²) in [6.07, 6.45) is 5.69. The first-order valence-corrected chi connectivity index (χ1v) is 8.82. The number of carbonyl (C=O) groups is 2. The quantitative estimate of drug-likeness (QED) is 0.938. The minimum Gasteiger partial charge on any atom is -0.352 e. The number of amides is 2. The number of anilines is 1. The monoisotopic (exact) mass is 322 g/mol. The molecule has 1 saturated carbocycles. The number of hydrogen-bond acceptors (Lipinski definition) is 2. The molecule has 1 heterocycles. The van der Waals surface area contributed by atoms with Crippen LogP contribution in [0, 0.1) is 0 Å². The molecule has 4 nitrogen and oxygen atoms in total. The van der Waals surface area contributed by atoms with Gasteiger partial charge in [0.2, 0.25) is 5.91 Å². The zero-order valence-electron chi connectivity index (χ0n) is 13.9. The first-order valence-electron chi connectivity index (χ1n) is 8.82. The van der Waals surface area contributed by atoms with Gasteiger partial charge in [0.15, 0.2) is 0 Å². The van der Waals surface area contributed by atoms with Crippen LogP contribution in [0.2, 0.25) is 0 Å². The first-order chi connectivity index (χ1) is 11.7. The maximum absolute atomic E-state index is 12.9. The third-order valence-electron chi connectivity index (χ3n) is 5.31. The largest absolute Gasteiger partial charge is 0.352 e. The second-order valence-electron chi connectivity index (χ2n) is 6.88. The zero-order chi connectivity index (χ0) is 16.7. The molecule has 124 valence electrons. The van der Waals surface area contributed by atoms with Crippen LogP contribution in [0.3, 0.4) is 0 Å². The fraction of sp³-hybridized carbons (Fsp3) is 0.400. The second kappa shape index (κ2) is 5.93. The number of nitrogens with one attached hydrogen (secondary N) is 1. The van der Waals surface area contributed by atoms with Crippen molar-refractivity contribution < 1.29 is 9.59 Å². The highest BCUT2D eigenvalue weighted by molar-refractivity contribution is 6.26. The van der Waals surface area contributed by atoms with Crippen LogP contribution >= 0.6 is 0 Å². The Balaban J connectivity index is 1.61. The van der Waals surface area contributed by atoms with Crippen molar-refractivity contribution in [2.24, 2.45) is 0 Å². The molecule has 1 fully saturated rings. The predicted octanol–water partition coefficient (Wildman–Crippen LogP) is 3.64. The molecule has 1 N–H and O–H groups in total. The van der Waals surface area contributed by atoms with E-state index in [1.807, 2.05) is 43.3 Å². The van der Waals surface area contributed by atoms with Crippen molar-refractivity contribution in [3.8, 4) is 0 Å². The molecule has 0 spiro atoms. The van der Waals surface area contributed by atoms with Crippen molar-refractivity contribution in [3.05, 3.63) is 42.0 Å². The molecule has 2 aliphatic rings. The lowest BCUT2D eigenvalue weighted by atomic mass is 9.95. The van der Waals surface area contributed by atoms with E-state index < -0.39 is 6.04 Å². The van der Waals surface area contributed by atoms with E-state index in [-0.39, 0.29) is 17.9 Å². The number of carbonyl (C=O) groups excluding carboxylic acids is 2. The smallest absolute Gasteiger partial charge is 0.259 e. The van der Waals surface area contributed by atoms with E-state index in [0.29, 0.717) is 5.56 Å². The molecule has 2 aromatic carbocycles. The van der Waals surface area contributed by atoms with Crippen LogP contribution in [0.15, 0.2) is 36.4 Å². The Kier molecular flexibility index (Phi) is 3.75. The molecule has 0 radical (unpaired) electrons. The number of rotatable bonds is 3. The summed E-state index contributed by atoms with van der Waals surface area (Å²) in [4.78, 5) is 27.2. The summed E-state index contributed by atoms with van der Waals surface area (Å²) in [5.41, 5.74) is 1.54. The minimum atomic E-state index is -0.502. The van der Waals surface area contributed by atoms with E-state index in [2.05, 4.69) is 5.32 Å². The van der Waals surface area contributed by atoms with Gasteiger partial charge in [0.1, 0.15) is 6.04 Å². The number of benzene rings is 2. The van der Waals surface area contributed by atoms with E-state index in [9.17, 15) is 9.59 Å². The van der Waals surface area contributed by atoms with Crippen LogP contribution in [-0.4, -0.2) is 23.9 Å². The van der Waals surface area contributed by atoms with Crippen LogP contribution in [0.25, 0.3) is 10.8 Å². The molecule has 2 aromatic rings. The fourth-order valence-electron chi connectivity index (χ4n) is 4.01. The Morgan fingerprint density at radius 1 is 1.12 bits per heavy atom. The highest BCUT2D eigenvalue weighted by Gasteiger charge is 2.36. The van der Waals surface area contributed by atoms with Gasteiger partial charge in [-0.1, -0.05) is 43.5 Å². The average molecular weight is 322 g/mol. The van der Waals surface area contributed by atoms with Crippen molar-refractivity contribution in [2.45, 2.75) is 51.1 Å². The zero-order valence-corrected chi connectivity index (χ0v) is 13.9. The molecule has 1 atom stereocenters. The Morgan fingerprint density at radius 2 is 1.83 bits per heavy atom. The number of nitrogens with zero attached hydrogens (tertiary/aromatic N) is 1. The molecule has 4 rings (SSSR count). The van der Waals surface area contributed by atoms with Gasteiger partial charge in [-0.15, -0.1) is 0 Å². The van der Waals surface area contributed by atoms with Gasteiger partial charge in [0.25, 0.3) is 5.91 Å². The molecule has 0 saturated heterocycles. The van der Waals surface area contributed by atoms with E-state index in [4.69, 9.17) is 0 Å². The summed E-state index contributed by atoms with van der Waals surface area (Å²) in [7, 11) is 0. The molecule has 0 unspecified atom stereocenters. The van der Waals surface area contributed by atoms with Gasteiger partial charge in [-0.25, -0.2) is 0 Å². The van der Waals surface area contributed by atoms with E-state index >= 15 is 0 Å². The SMILES string of the molecule is C[C@H](C(=O)NC1CCCCC1)N1C(=O)c2cccc3cccc1c23. The van der Waals surface area contributed by atoms with Gasteiger partial charge >= 0.3 is 0 Å². The van der Waals surface area contributed by atoms with Gasteiger partial charge in [0.05, 0.1) is 5.69 Å². The van der Waals surface area contributed by atoms with Crippen molar-refractivity contribution in [3.63, 3.8) is 0 Å². The second-order valence-corrected chi connectivity index (χ2v) is 6.88. The molecular weight excluding hydrogens is 300 g/mol. The lowest BCUT2D eigenvalue weighted by Gasteiger charge is -2.28. The third-order valence-corrected chi connectivity index (χ3v) is 5.31. The molecule has 1 aliphatic carbocycles. The molecular formula is C20H22N2O2. The summed E-state index contributed by atoms with van der Waals surface area (Å²) in [5, 5.41) is 5.14. The van der Waals surface area contributed by atoms with Crippen molar-refractivity contribution in [1.29, 1.82) is 0 Å². The highest BCUT2D eigenvalue weighted by Crippen LogP contribution is 2.38. The van der Waals surface area contributed by atoms with Crippen molar-refractivity contribution in [2.75, 3.05) is 4.90 Å². The average Bonchev–Trinajstić information content (AvgIpc) is 2.90. The molecule has 0 aromatic heterocycles. The van der Waals surface area contributed by atoms with E-state index in [1.165, 1.54) is 19.3 Å². The van der Waals surface area contributed by atoms with Crippen molar-refractivity contribution in [1.82, 2.24) is 5.32 Å². The Bertz CT molecular complexity index is 803. The van der Waals surface area contributed by atoms with E-state index in [0.717, 1.165) is 29.3 Å². The highest BCUT2D eigenvalue weighted by atomic mass is 16.2. The molecule has 24 heavy (non-hydrogen) atoms. The lowest BCUT2D eigenvalue weighted by Crippen LogP contribution is -2.49. The summed E-state index contributed by atoms with van der Waals surface area (Å²) >= 11 is 0. The Labute approximate surface area is 141 Å². The van der Waals surface area contributed by atoms with E-state index in [1.54, 1.807) is 4.90 Å². The summed E-state index contributed by atoms with van der Waals surface area (Å²) in [5.74, 6) is -0.131. The molecule has 4 heteroatoms. The van der Waals surface area contributed by atoms with Crippen LogP contribution in [0.5, 0.6) is 0 Å². The van der Waals surface area contributed by atoms with Crippen LogP contribution in [0.4, 0.5) is 5.69 Å². The van der Waals surface area contributed by atoms with Gasteiger partial charge < -0.3 is 5.32 Å². The maximum Gasteiger partial charge on any atom is 0.259 e. The van der Waals surface area contributed by atoms with Crippen LogP contribution in [-0.2, 0) is 4.79 Å². The van der Waals surface area contributed by atoms with Gasteiger partial charge in [-0.2, -0.15) is 0 Å². The topological polar surface area (TPSA) is 49.4 Å². The van der Waals surface area contributed by atoms with Gasteiger partial charge in [-0.05, 0) is 37.3 Å². The van der Waals surface area contributed by atoms with Crippen LogP contribution in [0.1, 0.15) is 49.4 Å². The maximum atomic E-state index is 12.9.